The highest BCUT2D eigenvalue weighted by Crippen LogP contribution is 2.42. The largest absolute Gasteiger partial charge is 0.490 e. The molecule has 6 heteroatoms. The summed E-state index contributed by atoms with van der Waals surface area (Å²) in [5.41, 5.74) is 1.19. The average Bonchev–Trinajstić information content (AvgIpc) is 3.73. The second kappa shape index (κ2) is 11.1. The highest BCUT2D eigenvalue weighted by atomic mass is 19.2. The number of benzene rings is 2. The zero-order valence-corrected chi connectivity index (χ0v) is 21.0. The van der Waals surface area contributed by atoms with Crippen molar-refractivity contribution in [3.8, 4) is 5.75 Å². The van der Waals surface area contributed by atoms with E-state index in [1.807, 2.05) is 0 Å². The van der Waals surface area contributed by atoms with Gasteiger partial charge in [0.2, 0.25) is 5.82 Å². The smallest absolute Gasteiger partial charge is 0.200 e. The molecule has 196 valence electrons. The van der Waals surface area contributed by atoms with Crippen LogP contribution in [0, 0.1) is 35.1 Å². The first kappa shape index (κ1) is 25.6. The summed E-state index contributed by atoms with van der Waals surface area (Å²) < 4.78 is 69.7. The van der Waals surface area contributed by atoms with Gasteiger partial charge in [-0.1, -0.05) is 38.0 Å². The van der Waals surface area contributed by atoms with E-state index in [2.05, 4.69) is 6.92 Å². The lowest BCUT2D eigenvalue weighted by atomic mass is 9.77. The molecule has 0 N–H and O–H groups in total. The van der Waals surface area contributed by atoms with Crippen molar-refractivity contribution in [1.29, 1.82) is 0 Å². The van der Waals surface area contributed by atoms with E-state index in [0.717, 1.165) is 38.5 Å². The van der Waals surface area contributed by atoms with Crippen molar-refractivity contribution in [3.05, 3.63) is 64.2 Å². The van der Waals surface area contributed by atoms with Gasteiger partial charge >= 0.3 is 0 Å². The van der Waals surface area contributed by atoms with E-state index < -0.39 is 23.3 Å². The molecule has 1 atom stereocenters. The monoisotopic (exact) mass is 504 g/mol. The maximum atomic E-state index is 14.9. The van der Waals surface area contributed by atoms with E-state index in [1.165, 1.54) is 12.8 Å². The van der Waals surface area contributed by atoms with Crippen LogP contribution in [0.4, 0.5) is 17.6 Å². The topological polar surface area (TPSA) is 21.8 Å². The summed E-state index contributed by atoms with van der Waals surface area (Å²) in [4.78, 5) is 0. The van der Waals surface area contributed by atoms with E-state index in [-0.39, 0.29) is 29.6 Å². The Balaban J connectivity index is 1.14. The van der Waals surface area contributed by atoms with Crippen molar-refractivity contribution in [2.45, 2.75) is 89.1 Å². The summed E-state index contributed by atoms with van der Waals surface area (Å²) in [5, 5.41) is 0. The fourth-order valence-corrected chi connectivity index (χ4v) is 6.36. The van der Waals surface area contributed by atoms with Crippen molar-refractivity contribution in [1.82, 2.24) is 0 Å². The minimum atomic E-state index is -0.894. The van der Waals surface area contributed by atoms with Crippen LogP contribution in [-0.4, -0.2) is 13.2 Å². The number of hydrogen-bond donors (Lipinski definition) is 0. The molecule has 2 aromatic carbocycles. The van der Waals surface area contributed by atoms with Crippen molar-refractivity contribution in [2.24, 2.45) is 11.8 Å². The Bertz CT molecular complexity index is 1050. The lowest BCUT2D eigenvalue weighted by Crippen LogP contribution is -2.20. The molecular weight excluding hydrogens is 468 g/mol. The molecule has 2 saturated carbocycles. The maximum absolute atomic E-state index is 14.9. The van der Waals surface area contributed by atoms with Gasteiger partial charge in [0.1, 0.15) is 6.10 Å². The number of halogens is 4. The minimum Gasteiger partial charge on any atom is -0.490 e. The molecule has 3 aliphatic rings. The van der Waals surface area contributed by atoms with Crippen molar-refractivity contribution in [2.75, 3.05) is 13.2 Å². The summed E-state index contributed by atoms with van der Waals surface area (Å²) in [6.07, 6.45) is 8.99. The van der Waals surface area contributed by atoms with E-state index in [0.29, 0.717) is 48.7 Å². The first-order valence-corrected chi connectivity index (χ1v) is 13.7. The maximum Gasteiger partial charge on any atom is 0.200 e. The molecule has 5 rings (SSSR count). The lowest BCUT2D eigenvalue weighted by molar-refractivity contribution is 0.191. The Labute approximate surface area is 211 Å². The molecule has 1 unspecified atom stereocenters. The zero-order valence-electron chi connectivity index (χ0n) is 21.0. The third kappa shape index (κ3) is 5.44. The number of hydrogen-bond acceptors (Lipinski definition) is 2. The summed E-state index contributed by atoms with van der Waals surface area (Å²) >= 11 is 0. The third-order valence-electron chi connectivity index (χ3n) is 8.64. The van der Waals surface area contributed by atoms with Gasteiger partial charge < -0.3 is 9.47 Å². The van der Waals surface area contributed by atoms with Crippen LogP contribution in [0.3, 0.4) is 0 Å². The second-order valence-electron chi connectivity index (χ2n) is 11.0. The van der Waals surface area contributed by atoms with E-state index in [9.17, 15) is 17.6 Å². The molecule has 2 nitrogen and oxygen atoms in total. The summed E-state index contributed by atoms with van der Waals surface area (Å²) in [5.74, 6) is -2.35. The molecule has 0 spiro atoms. The van der Waals surface area contributed by atoms with Crippen LogP contribution >= 0.6 is 0 Å². The van der Waals surface area contributed by atoms with Gasteiger partial charge in [-0.05, 0) is 92.2 Å². The molecule has 3 fully saturated rings. The van der Waals surface area contributed by atoms with Crippen LogP contribution in [0.25, 0.3) is 0 Å². The van der Waals surface area contributed by atoms with Crippen LogP contribution in [0.15, 0.2) is 24.3 Å². The number of epoxide rings is 1. The minimum absolute atomic E-state index is 0.0379. The normalized spacial score (nSPS) is 28.2. The van der Waals surface area contributed by atoms with Gasteiger partial charge in [-0.2, -0.15) is 4.39 Å². The van der Waals surface area contributed by atoms with Crippen molar-refractivity contribution < 1.29 is 27.0 Å². The Morgan fingerprint density at radius 2 is 1.19 bits per heavy atom. The highest BCUT2D eigenvalue weighted by Gasteiger charge is 2.32. The van der Waals surface area contributed by atoms with Crippen LogP contribution < -0.4 is 4.74 Å². The molecular formula is C30H36F4O2. The van der Waals surface area contributed by atoms with Crippen LogP contribution in [0.2, 0.25) is 0 Å². The highest BCUT2D eigenvalue weighted by molar-refractivity contribution is 5.34. The van der Waals surface area contributed by atoms with E-state index >= 15 is 0 Å². The SMILES string of the molecule is CCCC1CCC(c2ccc(OCC3CCC(c4ccc(C5CO5)c(F)c4F)CC3)c(F)c2F)CC1. The van der Waals surface area contributed by atoms with Crippen molar-refractivity contribution in [3.63, 3.8) is 0 Å². The average molecular weight is 505 g/mol. The van der Waals surface area contributed by atoms with Gasteiger partial charge in [0, 0.05) is 5.56 Å². The molecule has 1 saturated heterocycles. The van der Waals surface area contributed by atoms with Gasteiger partial charge in [-0.25, -0.2) is 13.2 Å². The summed E-state index contributed by atoms with van der Waals surface area (Å²) in [6, 6.07) is 6.59. The van der Waals surface area contributed by atoms with Gasteiger partial charge in [0.15, 0.2) is 23.2 Å². The quantitative estimate of drug-likeness (QED) is 0.265. The van der Waals surface area contributed by atoms with Gasteiger partial charge in [-0.15, -0.1) is 0 Å². The fourth-order valence-electron chi connectivity index (χ4n) is 6.36. The first-order valence-electron chi connectivity index (χ1n) is 13.7. The Morgan fingerprint density at radius 3 is 1.78 bits per heavy atom. The Kier molecular flexibility index (Phi) is 7.90. The lowest BCUT2D eigenvalue weighted by Gasteiger charge is -2.30. The van der Waals surface area contributed by atoms with Gasteiger partial charge in [0.05, 0.1) is 13.2 Å². The third-order valence-corrected chi connectivity index (χ3v) is 8.64. The van der Waals surface area contributed by atoms with Gasteiger partial charge in [-0.3, -0.25) is 0 Å². The predicted molar refractivity (Wildman–Crippen MR) is 131 cm³/mol. The molecule has 0 aromatic heterocycles. The number of rotatable bonds is 8. The fraction of sp³-hybridized carbons (Fsp3) is 0.600. The molecule has 2 aromatic rings. The van der Waals surface area contributed by atoms with E-state index in [1.54, 1.807) is 24.3 Å². The molecule has 2 aliphatic carbocycles. The Hall–Kier alpha value is -2.08. The van der Waals surface area contributed by atoms with Crippen molar-refractivity contribution >= 4 is 0 Å². The molecule has 0 radical (unpaired) electrons. The number of ether oxygens (including phenoxy) is 2. The molecule has 1 heterocycles. The first-order chi connectivity index (χ1) is 17.5. The molecule has 0 amide bonds. The summed E-state index contributed by atoms with van der Waals surface area (Å²) in [7, 11) is 0. The molecule has 1 aliphatic heterocycles. The van der Waals surface area contributed by atoms with Crippen LogP contribution in [0.1, 0.15) is 106 Å². The summed E-state index contributed by atoms with van der Waals surface area (Å²) in [6.45, 7) is 2.92. The molecule has 0 bridgehead atoms. The van der Waals surface area contributed by atoms with Crippen LogP contribution in [0.5, 0.6) is 5.75 Å². The second-order valence-corrected chi connectivity index (χ2v) is 11.0. The Morgan fingerprint density at radius 1 is 0.694 bits per heavy atom. The van der Waals surface area contributed by atoms with Crippen LogP contribution in [-0.2, 0) is 4.74 Å². The van der Waals surface area contributed by atoms with E-state index in [4.69, 9.17) is 9.47 Å². The molecule has 36 heavy (non-hydrogen) atoms. The van der Waals surface area contributed by atoms with Gasteiger partial charge in [0.25, 0.3) is 0 Å². The predicted octanol–water partition coefficient (Wildman–Crippen LogP) is 8.74. The standard InChI is InChI=1S/C30H36F4O2/c1-2-3-18-4-8-20(9-5-18)23-14-15-25(30(34)28(23)32)35-16-19-6-10-21(11-7-19)22-12-13-24(26-17-36-26)29(33)27(22)31/h12-15,18-21,26H,2-11,16-17H2,1H3. The zero-order chi connectivity index (χ0) is 25.2.